The van der Waals surface area contributed by atoms with Crippen molar-refractivity contribution in [3.05, 3.63) is 56.4 Å². The second-order valence-corrected chi connectivity index (χ2v) is 8.64. The van der Waals surface area contributed by atoms with Crippen molar-refractivity contribution in [3.63, 3.8) is 0 Å². The second-order valence-electron chi connectivity index (χ2n) is 7.54. The van der Waals surface area contributed by atoms with E-state index in [4.69, 9.17) is 5.73 Å². The maximum Gasteiger partial charge on any atom is 0.258 e. The number of H-pyrrole nitrogens is 1. The molecular formula is C21H23N5O3S. The molecule has 0 saturated heterocycles. The molecule has 4 rings (SSSR count). The lowest BCUT2D eigenvalue weighted by molar-refractivity contribution is -0.120. The van der Waals surface area contributed by atoms with Gasteiger partial charge in [-0.2, -0.15) is 0 Å². The SMILES string of the molecule is CC(C(=O)Nc1sc2c(c1C(N)=O)CCC2)N(C)Cc1nc2ccccc2c(=O)[nH]1. The predicted molar refractivity (Wildman–Crippen MR) is 117 cm³/mol. The summed E-state index contributed by atoms with van der Waals surface area (Å²) in [5.41, 5.74) is 7.39. The first-order valence-electron chi connectivity index (χ1n) is 9.78. The molecule has 30 heavy (non-hydrogen) atoms. The first-order chi connectivity index (χ1) is 14.3. The molecule has 0 saturated carbocycles. The van der Waals surface area contributed by atoms with Gasteiger partial charge in [0.1, 0.15) is 10.8 Å². The van der Waals surface area contributed by atoms with Crippen LogP contribution in [-0.4, -0.2) is 39.8 Å². The molecule has 1 aromatic carbocycles. The Balaban J connectivity index is 1.50. The van der Waals surface area contributed by atoms with E-state index in [-0.39, 0.29) is 18.0 Å². The van der Waals surface area contributed by atoms with Gasteiger partial charge in [-0.3, -0.25) is 19.3 Å². The highest BCUT2D eigenvalue weighted by Gasteiger charge is 2.28. The molecule has 1 aliphatic rings. The number of carbonyl (C=O) groups excluding carboxylic acids is 2. The maximum atomic E-state index is 12.8. The van der Waals surface area contributed by atoms with Crippen LogP contribution in [0, 0.1) is 0 Å². The van der Waals surface area contributed by atoms with E-state index < -0.39 is 11.9 Å². The molecule has 2 amide bonds. The van der Waals surface area contributed by atoms with Gasteiger partial charge >= 0.3 is 0 Å². The molecule has 1 aliphatic carbocycles. The quantitative estimate of drug-likeness (QED) is 0.558. The molecule has 8 nitrogen and oxygen atoms in total. The number of hydrogen-bond donors (Lipinski definition) is 3. The Bertz CT molecular complexity index is 1200. The van der Waals surface area contributed by atoms with Crippen molar-refractivity contribution in [2.75, 3.05) is 12.4 Å². The third-order valence-electron chi connectivity index (χ3n) is 5.51. The average molecular weight is 426 g/mol. The molecule has 4 N–H and O–H groups in total. The summed E-state index contributed by atoms with van der Waals surface area (Å²) < 4.78 is 0. The molecule has 156 valence electrons. The van der Waals surface area contributed by atoms with Gasteiger partial charge in [-0.15, -0.1) is 11.3 Å². The Hall–Kier alpha value is -3.04. The van der Waals surface area contributed by atoms with E-state index in [2.05, 4.69) is 15.3 Å². The summed E-state index contributed by atoms with van der Waals surface area (Å²) in [6, 6.07) is 6.61. The number of para-hydroxylation sites is 1. The van der Waals surface area contributed by atoms with Crippen LogP contribution in [0.2, 0.25) is 0 Å². The molecule has 0 fully saturated rings. The average Bonchev–Trinajstić information content (AvgIpc) is 3.27. The third kappa shape index (κ3) is 3.73. The zero-order valence-electron chi connectivity index (χ0n) is 16.8. The molecule has 3 aromatic rings. The molecule has 2 aromatic heterocycles. The fraction of sp³-hybridized carbons (Fsp3) is 0.333. The maximum absolute atomic E-state index is 12.8. The van der Waals surface area contributed by atoms with Crippen molar-refractivity contribution < 1.29 is 9.59 Å². The van der Waals surface area contributed by atoms with Gasteiger partial charge in [0.2, 0.25) is 5.91 Å². The Morgan fingerprint density at radius 2 is 2.10 bits per heavy atom. The van der Waals surface area contributed by atoms with Gasteiger partial charge in [0.25, 0.3) is 11.5 Å². The van der Waals surface area contributed by atoms with Crippen LogP contribution in [0.4, 0.5) is 5.00 Å². The Kier molecular flexibility index (Phi) is 5.40. The van der Waals surface area contributed by atoms with E-state index in [1.807, 2.05) is 6.07 Å². The van der Waals surface area contributed by atoms with Crippen molar-refractivity contribution in [1.29, 1.82) is 0 Å². The highest BCUT2D eigenvalue weighted by Crippen LogP contribution is 2.38. The lowest BCUT2D eigenvalue weighted by Crippen LogP contribution is -2.40. The van der Waals surface area contributed by atoms with Crippen LogP contribution in [0.5, 0.6) is 0 Å². The van der Waals surface area contributed by atoms with Crippen LogP contribution in [0.3, 0.4) is 0 Å². The highest BCUT2D eigenvalue weighted by atomic mass is 32.1. The smallest absolute Gasteiger partial charge is 0.258 e. The summed E-state index contributed by atoms with van der Waals surface area (Å²) in [5, 5.41) is 3.92. The molecule has 0 aliphatic heterocycles. The van der Waals surface area contributed by atoms with Crippen LogP contribution < -0.4 is 16.6 Å². The fourth-order valence-electron chi connectivity index (χ4n) is 3.75. The summed E-state index contributed by atoms with van der Waals surface area (Å²) >= 11 is 1.43. The number of hydrogen-bond acceptors (Lipinski definition) is 6. The minimum atomic E-state index is -0.514. The number of nitrogens with two attached hydrogens (primary N) is 1. The van der Waals surface area contributed by atoms with Crippen molar-refractivity contribution in [2.45, 2.75) is 38.8 Å². The number of rotatable bonds is 6. The Labute approximate surface area is 177 Å². The van der Waals surface area contributed by atoms with E-state index in [1.54, 1.807) is 37.1 Å². The molecular weight excluding hydrogens is 402 g/mol. The lowest BCUT2D eigenvalue weighted by atomic mass is 10.1. The molecule has 0 radical (unpaired) electrons. The zero-order chi connectivity index (χ0) is 21.4. The summed E-state index contributed by atoms with van der Waals surface area (Å²) in [6.45, 7) is 2.05. The number of nitrogens with zero attached hydrogens (tertiary/aromatic N) is 2. The van der Waals surface area contributed by atoms with Crippen molar-refractivity contribution in [1.82, 2.24) is 14.9 Å². The highest BCUT2D eigenvalue weighted by molar-refractivity contribution is 7.17. The summed E-state index contributed by atoms with van der Waals surface area (Å²) in [7, 11) is 1.78. The van der Waals surface area contributed by atoms with Gasteiger partial charge < -0.3 is 16.0 Å². The number of nitrogens with one attached hydrogen (secondary N) is 2. The molecule has 1 unspecified atom stereocenters. The monoisotopic (exact) mass is 425 g/mol. The number of aromatic nitrogens is 2. The normalized spacial score (nSPS) is 14.1. The molecule has 0 spiro atoms. The number of fused-ring (bicyclic) bond motifs is 2. The number of aryl methyl sites for hydroxylation is 1. The van der Waals surface area contributed by atoms with Gasteiger partial charge in [-0.25, -0.2) is 4.98 Å². The van der Waals surface area contributed by atoms with E-state index in [1.165, 1.54) is 11.3 Å². The van der Waals surface area contributed by atoms with Crippen LogP contribution in [0.25, 0.3) is 10.9 Å². The number of aromatic amines is 1. The standard InChI is InChI=1S/C21H23N5O3S/c1-11(19(28)25-21-17(18(22)27)13-7-5-9-15(13)30-21)26(2)10-16-23-14-8-4-3-6-12(14)20(29)24-16/h3-4,6,8,11H,5,7,9-10H2,1-2H3,(H2,22,27)(H,25,28)(H,23,24,29). The van der Waals surface area contributed by atoms with Gasteiger partial charge in [0, 0.05) is 4.88 Å². The van der Waals surface area contributed by atoms with Gasteiger partial charge in [0.15, 0.2) is 0 Å². The van der Waals surface area contributed by atoms with Gasteiger partial charge in [-0.1, -0.05) is 12.1 Å². The number of primary amides is 1. The van der Waals surface area contributed by atoms with E-state index in [9.17, 15) is 14.4 Å². The fourth-order valence-corrected chi connectivity index (χ4v) is 5.05. The zero-order valence-corrected chi connectivity index (χ0v) is 17.6. The number of benzene rings is 1. The van der Waals surface area contributed by atoms with Crippen LogP contribution in [-0.2, 0) is 24.2 Å². The molecule has 0 bridgehead atoms. The van der Waals surface area contributed by atoms with Gasteiger partial charge in [0.05, 0.1) is 29.1 Å². The number of likely N-dealkylation sites (N-methyl/N-ethyl adjacent to an activating group) is 1. The van der Waals surface area contributed by atoms with Crippen molar-refractivity contribution >= 4 is 39.1 Å². The topological polar surface area (TPSA) is 121 Å². The summed E-state index contributed by atoms with van der Waals surface area (Å²) in [6.07, 6.45) is 2.73. The summed E-state index contributed by atoms with van der Waals surface area (Å²) in [4.78, 5) is 47.2. The minimum absolute atomic E-state index is 0.208. The lowest BCUT2D eigenvalue weighted by Gasteiger charge is -2.23. The van der Waals surface area contributed by atoms with E-state index in [0.717, 1.165) is 29.7 Å². The molecule has 1 atom stereocenters. The minimum Gasteiger partial charge on any atom is -0.365 e. The first-order valence-corrected chi connectivity index (χ1v) is 10.6. The van der Waals surface area contributed by atoms with Crippen molar-refractivity contribution in [3.8, 4) is 0 Å². The number of anilines is 1. The van der Waals surface area contributed by atoms with Crippen LogP contribution in [0.15, 0.2) is 29.1 Å². The number of thiophene rings is 1. The largest absolute Gasteiger partial charge is 0.365 e. The van der Waals surface area contributed by atoms with E-state index in [0.29, 0.717) is 27.3 Å². The number of amides is 2. The molecule has 2 heterocycles. The second kappa shape index (κ2) is 8.00. The van der Waals surface area contributed by atoms with Crippen molar-refractivity contribution in [2.24, 2.45) is 5.73 Å². The Morgan fingerprint density at radius 1 is 1.33 bits per heavy atom. The Morgan fingerprint density at radius 3 is 2.87 bits per heavy atom. The molecule has 9 heteroatoms. The van der Waals surface area contributed by atoms with Crippen LogP contribution in [0.1, 0.15) is 40.0 Å². The predicted octanol–water partition coefficient (Wildman–Crippen LogP) is 2.03. The number of carbonyl (C=O) groups is 2. The third-order valence-corrected chi connectivity index (χ3v) is 6.71. The van der Waals surface area contributed by atoms with E-state index >= 15 is 0 Å². The first kappa shape index (κ1) is 20.2. The van der Waals surface area contributed by atoms with Gasteiger partial charge in [-0.05, 0) is 50.9 Å². The van der Waals surface area contributed by atoms with Crippen LogP contribution >= 0.6 is 11.3 Å². The summed E-state index contributed by atoms with van der Waals surface area (Å²) in [5.74, 6) is -0.277.